The minimum atomic E-state index is 0.183. The second-order valence-electron chi connectivity index (χ2n) is 3.54. The van der Waals surface area contributed by atoms with E-state index in [1.807, 2.05) is 11.4 Å². The number of nitrogen functional groups attached to an aromatic ring is 1. The molecule has 2 aromatic rings. The van der Waals surface area contributed by atoms with Crippen molar-refractivity contribution >= 4 is 23.1 Å². The topological polar surface area (TPSA) is 101 Å². The van der Waals surface area contributed by atoms with E-state index in [0.717, 1.165) is 17.1 Å². The zero-order valence-corrected chi connectivity index (χ0v) is 10.7. The first-order valence-electron chi connectivity index (χ1n) is 5.42. The lowest BCUT2D eigenvalue weighted by molar-refractivity contribution is 0.985. The van der Waals surface area contributed by atoms with Crippen molar-refractivity contribution in [2.24, 2.45) is 0 Å². The van der Waals surface area contributed by atoms with Gasteiger partial charge in [-0.05, 0) is 6.42 Å². The van der Waals surface area contributed by atoms with Crippen LogP contribution in [0.5, 0.6) is 0 Å². The number of aryl methyl sites for hydroxylation is 1. The van der Waals surface area contributed by atoms with Crippen LogP contribution in [0.1, 0.15) is 23.2 Å². The molecule has 18 heavy (non-hydrogen) atoms. The van der Waals surface area contributed by atoms with Crippen molar-refractivity contribution in [3.8, 4) is 6.07 Å². The van der Waals surface area contributed by atoms with Crippen LogP contribution in [0.25, 0.3) is 0 Å². The second-order valence-corrected chi connectivity index (χ2v) is 4.49. The van der Waals surface area contributed by atoms with Crippen molar-refractivity contribution in [2.45, 2.75) is 19.9 Å². The number of hydrogen-bond donors (Lipinski definition) is 2. The van der Waals surface area contributed by atoms with Crippen molar-refractivity contribution < 1.29 is 0 Å². The van der Waals surface area contributed by atoms with Crippen LogP contribution in [0.4, 0.5) is 11.8 Å². The number of aromatic nitrogens is 3. The van der Waals surface area contributed by atoms with Crippen LogP contribution in [0.2, 0.25) is 0 Å². The Morgan fingerprint density at radius 1 is 1.50 bits per heavy atom. The lowest BCUT2D eigenvalue weighted by atomic mass is 10.3. The second kappa shape index (κ2) is 5.42. The van der Waals surface area contributed by atoms with Gasteiger partial charge in [-0.3, -0.25) is 0 Å². The first-order valence-corrected chi connectivity index (χ1v) is 6.30. The van der Waals surface area contributed by atoms with Gasteiger partial charge in [-0.2, -0.15) is 10.2 Å². The van der Waals surface area contributed by atoms with E-state index >= 15 is 0 Å². The maximum Gasteiger partial charge on any atom is 0.224 e. The number of thiazole rings is 1. The van der Waals surface area contributed by atoms with Crippen LogP contribution < -0.4 is 11.1 Å². The summed E-state index contributed by atoms with van der Waals surface area (Å²) in [6, 6.07) is 1.92. The van der Waals surface area contributed by atoms with E-state index in [4.69, 9.17) is 11.0 Å². The van der Waals surface area contributed by atoms with Crippen molar-refractivity contribution in [2.75, 3.05) is 11.1 Å². The zero-order chi connectivity index (χ0) is 13.0. The van der Waals surface area contributed by atoms with E-state index in [9.17, 15) is 0 Å². The highest BCUT2D eigenvalue weighted by molar-refractivity contribution is 7.09. The standard InChI is InChI=1S/C11H12N6S/c1-2-9-16-8(6-18-9)5-15-11-14-4-7(3-12)10(13)17-11/h4,6H,2,5H2,1H3,(H3,13,14,15,17). The van der Waals surface area contributed by atoms with Crippen LogP contribution >= 0.6 is 11.3 Å². The Bertz CT molecular complexity index is 585. The van der Waals surface area contributed by atoms with Crippen LogP contribution in [0.15, 0.2) is 11.6 Å². The van der Waals surface area contributed by atoms with E-state index in [1.54, 1.807) is 11.3 Å². The Hall–Kier alpha value is -2.20. The van der Waals surface area contributed by atoms with Gasteiger partial charge in [-0.15, -0.1) is 11.3 Å². The van der Waals surface area contributed by atoms with Gasteiger partial charge in [0.1, 0.15) is 17.5 Å². The number of anilines is 2. The summed E-state index contributed by atoms with van der Waals surface area (Å²) in [5, 5.41) is 14.8. The first kappa shape index (κ1) is 12.3. The summed E-state index contributed by atoms with van der Waals surface area (Å²) in [5.74, 6) is 0.583. The van der Waals surface area contributed by atoms with Gasteiger partial charge in [0.15, 0.2) is 0 Å². The smallest absolute Gasteiger partial charge is 0.224 e. The summed E-state index contributed by atoms with van der Waals surface area (Å²) in [6.45, 7) is 2.61. The third-order valence-corrected chi connectivity index (χ3v) is 3.31. The molecule has 0 fully saturated rings. The largest absolute Gasteiger partial charge is 0.382 e. The molecule has 0 spiro atoms. The van der Waals surface area contributed by atoms with Crippen LogP contribution in [-0.4, -0.2) is 15.0 Å². The molecule has 0 aliphatic heterocycles. The molecule has 3 N–H and O–H groups in total. The summed E-state index contributed by atoms with van der Waals surface area (Å²) in [5.41, 5.74) is 6.83. The molecule has 0 aromatic carbocycles. The summed E-state index contributed by atoms with van der Waals surface area (Å²) < 4.78 is 0. The SMILES string of the molecule is CCc1nc(CNc2ncc(C#N)c(N)n2)cs1. The number of nitriles is 1. The van der Waals surface area contributed by atoms with Crippen molar-refractivity contribution in [1.29, 1.82) is 5.26 Å². The summed E-state index contributed by atoms with van der Waals surface area (Å²) in [7, 11) is 0. The maximum atomic E-state index is 8.71. The predicted octanol–water partition coefficient (Wildman–Crippen LogP) is 1.56. The quantitative estimate of drug-likeness (QED) is 0.865. The molecule has 7 heteroatoms. The highest BCUT2D eigenvalue weighted by atomic mass is 32.1. The average Bonchev–Trinajstić information content (AvgIpc) is 2.84. The lowest BCUT2D eigenvalue weighted by Gasteiger charge is -2.03. The van der Waals surface area contributed by atoms with Gasteiger partial charge >= 0.3 is 0 Å². The fraction of sp³-hybridized carbons (Fsp3) is 0.273. The molecule has 2 rings (SSSR count). The normalized spacial score (nSPS) is 10.0. The van der Waals surface area contributed by atoms with Gasteiger partial charge in [0, 0.05) is 5.38 Å². The maximum absolute atomic E-state index is 8.71. The lowest BCUT2D eigenvalue weighted by Crippen LogP contribution is -2.06. The molecule has 0 saturated heterocycles. The Kier molecular flexibility index (Phi) is 3.69. The molecule has 0 aliphatic carbocycles. The van der Waals surface area contributed by atoms with E-state index in [-0.39, 0.29) is 11.4 Å². The van der Waals surface area contributed by atoms with Crippen molar-refractivity contribution in [3.63, 3.8) is 0 Å². The summed E-state index contributed by atoms with van der Waals surface area (Å²) in [4.78, 5) is 12.4. The van der Waals surface area contributed by atoms with Gasteiger partial charge in [-0.1, -0.05) is 6.92 Å². The van der Waals surface area contributed by atoms with E-state index < -0.39 is 0 Å². The third-order valence-electron chi connectivity index (χ3n) is 2.27. The Morgan fingerprint density at radius 2 is 2.33 bits per heavy atom. The fourth-order valence-electron chi connectivity index (χ4n) is 1.33. The van der Waals surface area contributed by atoms with E-state index in [1.165, 1.54) is 6.20 Å². The summed E-state index contributed by atoms with van der Waals surface area (Å²) >= 11 is 1.63. The molecule has 6 nitrogen and oxygen atoms in total. The first-order chi connectivity index (χ1) is 8.72. The summed E-state index contributed by atoms with van der Waals surface area (Å²) in [6.07, 6.45) is 2.34. The monoisotopic (exact) mass is 260 g/mol. The molecule has 0 saturated carbocycles. The Labute approximate surface area is 109 Å². The van der Waals surface area contributed by atoms with Gasteiger partial charge in [0.05, 0.1) is 23.4 Å². The fourth-order valence-corrected chi connectivity index (χ4v) is 2.07. The number of nitrogens with zero attached hydrogens (tertiary/aromatic N) is 4. The van der Waals surface area contributed by atoms with E-state index in [2.05, 4.69) is 27.2 Å². The highest BCUT2D eigenvalue weighted by Crippen LogP contribution is 2.12. The number of hydrogen-bond acceptors (Lipinski definition) is 7. The number of nitrogens with one attached hydrogen (secondary N) is 1. The van der Waals surface area contributed by atoms with Gasteiger partial charge in [0.2, 0.25) is 5.95 Å². The molecule has 0 atom stereocenters. The molecule has 0 radical (unpaired) electrons. The van der Waals surface area contributed by atoms with Gasteiger partial charge in [-0.25, -0.2) is 9.97 Å². The van der Waals surface area contributed by atoms with E-state index in [0.29, 0.717) is 12.5 Å². The minimum absolute atomic E-state index is 0.183. The highest BCUT2D eigenvalue weighted by Gasteiger charge is 2.04. The average molecular weight is 260 g/mol. The Morgan fingerprint density at radius 3 is 2.94 bits per heavy atom. The molecule has 0 aliphatic rings. The van der Waals surface area contributed by atoms with Crippen LogP contribution in [0.3, 0.4) is 0 Å². The van der Waals surface area contributed by atoms with Crippen molar-refractivity contribution in [3.05, 3.63) is 27.8 Å². The van der Waals surface area contributed by atoms with Gasteiger partial charge in [0.25, 0.3) is 0 Å². The zero-order valence-electron chi connectivity index (χ0n) is 9.84. The van der Waals surface area contributed by atoms with Gasteiger partial charge < -0.3 is 11.1 Å². The molecule has 0 amide bonds. The molecular weight excluding hydrogens is 248 g/mol. The Balaban J connectivity index is 2.02. The van der Waals surface area contributed by atoms with Crippen LogP contribution in [-0.2, 0) is 13.0 Å². The predicted molar refractivity (Wildman–Crippen MR) is 70.0 cm³/mol. The molecule has 2 heterocycles. The molecular formula is C11H12N6S. The molecule has 0 bridgehead atoms. The molecule has 92 valence electrons. The molecule has 0 unspecified atom stereocenters. The minimum Gasteiger partial charge on any atom is -0.382 e. The van der Waals surface area contributed by atoms with Crippen LogP contribution in [0, 0.1) is 11.3 Å². The number of rotatable bonds is 4. The number of nitrogens with two attached hydrogens (primary N) is 1. The third kappa shape index (κ3) is 2.73. The molecule has 2 aromatic heterocycles. The van der Waals surface area contributed by atoms with Crippen molar-refractivity contribution in [1.82, 2.24) is 15.0 Å².